The summed E-state index contributed by atoms with van der Waals surface area (Å²) in [4.78, 5) is 46.4. The highest BCUT2D eigenvalue weighted by Crippen LogP contribution is 2.72. The summed E-state index contributed by atoms with van der Waals surface area (Å²) < 4.78 is 4.14. The summed E-state index contributed by atoms with van der Waals surface area (Å²) in [6.45, 7) is 13.5. The number of thioether (sulfide) groups is 1. The van der Waals surface area contributed by atoms with Gasteiger partial charge in [-0.3, -0.25) is 14.4 Å². The van der Waals surface area contributed by atoms with E-state index in [4.69, 9.17) is 4.74 Å². The van der Waals surface area contributed by atoms with E-state index in [-0.39, 0.29) is 31.6 Å². The molecule has 2 unspecified atom stereocenters. The number of anilines is 1. The lowest BCUT2D eigenvalue weighted by atomic mass is 9.66. The van der Waals surface area contributed by atoms with Crippen LogP contribution in [-0.4, -0.2) is 63.1 Å². The first kappa shape index (κ1) is 29.1. The minimum absolute atomic E-state index is 0.0546. The fourth-order valence-electron chi connectivity index (χ4n) is 7.40. The Morgan fingerprint density at radius 2 is 1.80 bits per heavy atom. The van der Waals surface area contributed by atoms with Gasteiger partial charge in [-0.15, -0.1) is 18.3 Å². The Labute approximate surface area is 246 Å². The van der Waals surface area contributed by atoms with E-state index in [9.17, 15) is 19.5 Å². The van der Waals surface area contributed by atoms with Crippen molar-refractivity contribution in [1.82, 2.24) is 4.90 Å². The Morgan fingerprint density at radius 3 is 2.41 bits per heavy atom. The minimum Gasteiger partial charge on any atom is -0.461 e. The van der Waals surface area contributed by atoms with Crippen LogP contribution in [-0.2, 0) is 19.1 Å². The van der Waals surface area contributed by atoms with Crippen LogP contribution >= 0.6 is 11.8 Å². The van der Waals surface area contributed by atoms with E-state index < -0.39 is 39.4 Å². The van der Waals surface area contributed by atoms with Gasteiger partial charge in [0.05, 0.1) is 29.2 Å². The van der Waals surface area contributed by atoms with E-state index in [0.29, 0.717) is 12.8 Å². The third-order valence-corrected chi connectivity index (χ3v) is 11.0. The van der Waals surface area contributed by atoms with Crippen LogP contribution in [0.1, 0.15) is 42.5 Å². The Balaban J connectivity index is 1.69. The van der Waals surface area contributed by atoms with Crippen LogP contribution in [0.5, 0.6) is 0 Å². The molecule has 3 aliphatic rings. The normalized spacial score (nSPS) is 28.7. The Hall–Kier alpha value is -3.36. The number of aryl methyl sites for hydroxylation is 2. The number of hydrogen-bond acceptors (Lipinski definition) is 6. The van der Waals surface area contributed by atoms with Crippen LogP contribution < -0.4 is 4.90 Å². The van der Waals surface area contributed by atoms with Crippen molar-refractivity contribution >= 4 is 35.2 Å². The molecule has 6 atom stereocenters. The lowest BCUT2D eigenvalue weighted by Gasteiger charge is -2.40. The molecule has 3 aliphatic heterocycles. The molecule has 5 rings (SSSR count). The van der Waals surface area contributed by atoms with Crippen molar-refractivity contribution in [2.45, 2.75) is 55.2 Å². The lowest BCUT2D eigenvalue weighted by molar-refractivity contribution is -0.155. The summed E-state index contributed by atoms with van der Waals surface area (Å²) in [5.41, 5.74) is 3.40. The zero-order valence-corrected chi connectivity index (χ0v) is 24.7. The Morgan fingerprint density at radius 1 is 1.12 bits per heavy atom. The van der Waals surface area contributed by atoms with Crippen molar-refractivity contribution in [1.29, 1.82) is 0 Å². The standard InChI is InChI=1S/C33H38N2O5S/c1-6-18-34(27-21(3)12-11-13-22(27)4)30(38)28-33-17-16-32(5,41-33)26(31(39)40-19-7-2)25(33)29(37)35(28)24(20-36)23-14-9-8-10-15-23/h6-15,24-26,28,36H,1-2,16-20H2,3-5H3/t24-,25+,26-,28?,32+,33?/m1/s1. The zero-order valence-electron chi connectivity index (χ0n) is 23.9. The van der Waals surface area contributed by atoms with Gasteiger partial charge in [0.2, 0.25) is 5.91 Å². The molecule has 0 saturated carbocycles. The van der Waals surface area contributed by atoms with Gasteiger partial charge in [0, 0.05) is 17.0 Å². The molecule has 8 heteroatoms. The molecule has 7 nitrogen and oxygen atoms in total. The maximum absolute atomic E-state index is 15.0. The molecule has 2 bridgehead atoms. The second-order valence-corrected chi connectivity index (χ2v) is 13.4. The van der Waals surface area contributed by atoms with E-state index in [0.717, 1.165) is 22.4 Å². The van der Waals surface area contributed by atoms with Gasteiger partial charge in [-0.25, -0.2) is 0 Å². The van der Waals surface area contributed by atoms with Gasteiger partial charge in [-0.1, -0.05) is 67.3 Å². The molecule has 2 aromatic carbocycles. The van der Waals surface area contributed by atoms with Crippen molar-refractivity contribution in [3.8, 4) is 0 Å². The molecule has 3 fully saturated rings. The summed E-state index contributed by atoms with van der Waals surface area (Å²) in [6.07, 6.45) is 4.48. The number of carbonyl (C=O) groups is 3. The van der Waals surface area contributed by atoms with Crippen molar-refractivity contribution in [2.24, 2.45) is 11.8 Å². The minimum atomic E-state index is -0.902. The van der Waals surface area contributed by atoms with E-state index >= 15 is 0 Å². The molecule has 41 heavy (non-hydrogen) atoms. The first-order valence-corrected chi connectivity index (χ1v) is 14.9. The summed E-state index contributed by atoms with van der Waals surface area (Å²) in [5, 5.41) is 10.7. The molecular formula is C33H38N2O5S. The predicted molar refractivity (Wildman–Crippen MR) is 161 cm³/mol. The van der Waals surface area contributed by atoms with E-state index in [1.807, 2.05) is 69.3 Å². The molecule has 1 spiro atoms. The monoisotopic (exact) mass is 574 g/mol. The quantitative estimate of drug-likeness (QED) is 0.325. The molecule has 0 aromatic heterocycles. The number of benzene rings is 2. The maximum Gasteiger partial charge on any atom is 0.311 e. The molecule has 0 radical (unpaired) electrons. The van der Waals surface area contributed by atoms with Crippen molar-refractivity contribution in [3.05, 3.63) is 90.5 Å². The number of nitrogens with zero attached hydrogens (tertiary/aromatic N) is 2. The van der Waals surface area contributed by atoms with Crippen LogP contribution in [0.3, 0.4) is 0 Å². The largest absolute Gasteiger partial charge is 0.461 e. The third-order valence-electron chi connectivity index (χ3n) is 9.03. The van der Waals surface area contributed by atoms with Crippen LogP contribution in [0.4, 0.5) is 5.69 Å². The number of aliphatic hydroxyl groups is 1. The van der Waals surface area contributed by atoms with Gasteiger partial charge in [0.1, 0.15) is 12.6 Å². The first-order valence-electron chi connectivity index (χ1n) is 14.1. The summed E-state index contributed by atoms with van der Waals surface area (Å²) in [6, 6.07) is 13.5. The van der Waals surface area contributed by atoms with Crippen molar-refractivity contribution in [3.63, 3.8) is 0 Å². The molecule has 216 valence electrons. The number of aliphatic hydroxyl groups excluding tert-OH is 1. The van der Waals surface area contributed by atoms with Crippen molar-refractivity contribution in [2.75, 3.05) is 24.7 Å². The molecular weight excluding hydrogens is 536 g/mol. The lowest BCUT2D eigenvalue weighted by Crippen LogP contribution is -2.56. The van der Waals surface area contributed by atoms with Crippen LogP contribution in [0, 0.1) is 25.7 Å². The van der Waals surface area contributed by atoms with E-state index in [1.165, 1.54) is 6.08 Å². The second-order valence-electron chi connectivity index (χ2n) is 11.5. The fraction of sp³-hybridized carbons (Fsp3) is 0.424. The van der Waals surface area contributed by atoms with Gasteiger partial charge < -0.3 is 19.6 Å². The summed E-state index contributed by atoms with van der Waals surface area (Å²) in [7, 11) is 0. The fourth-order valence-corrected chi connectivity index (χ4v) is 9.72. The van der Waals surface area contributed by atoms with Gasteiger partial charge in [0.25, 0.3) is 5.91 Å². The van der Waals surface area contributed by atoms with E-state index in [1.54, 1.807) is 27.6 Å². The Kier molecular flexibility index (Phi) is 7.92. The summed E-state index contributed by atoms with van der Waals surface area (Å²) in [5.74, 6) is -2.42. The molecule has 2 amide bonds. The van der Waals surface area contributed by atoms with Gasteiger partial charge >= 0.3 is 5.97 Å². The topological polar surface area (TPSA) is 87.1 Å². The predicted octanol–water partition coefficient (Wildman–Crippen LogP) is 4.77. The molecule has 3 heterocycles. The van der Waals surface area contributed by atoms with Gasteiger partial charge in [-0.2, -0.15) is 0 Å². The van der Waals surface area contributed by atoms with Crippen molar-refractivity contribution < 1.29 is 24.2 Å². The first-order chi connectivity index (χ1) is 19.6. The highest BCUT2D eigenvalue weighted by molar-refractivity contribution is 8.02. The zero-order chi connectivity index (χ0) is 29.5. The highest BCUT2D eigenvalue weighted by Gasteiger charge is 2.78. The molecule has 3 saturated heterocycles. The van der Waals surface area contributed by atoms with Crippen LogP contribution in [0.25, 0.3) is 0 Å². The number of likely N-dealkylation sites (tertiary alicyclic amines) is 1. The van der Waals surface area contributed by atoms with E-state index in [2.05, 4.69) is 13.2 Å². The second kappa shape index (κ2) is 11.1. The highest BCUT2D eigenvalue weighted by atomic mass is 32.2. The molecule has 1 N–H and O–H groups in total. The smallest absolute Gasteiger partial charge is 0.311 e. The molecule has 2 aromatic rings. The number of para-hydroxylation sites is 1. The number of amides is 2. The van der Waals surface area contributed by atoms with Gasteiger partial charge in [0.15, 0.2) is 0 Å². The molecule has 0 aliphatic carbocycles. The Bertz CT molecular complexity index is 1360. The number of hydrogen-bond donors (Lipinski definition) is 1. The number of ether oxygens (including phenoxy) is 1. The van der Waals surface area contributed by atoms with Crippen LogP contribution in [0.15, 0.2) is 73.8 Å². The van der Waals surface area contributed by atoms with Gasteiger partial charge in [-0.05, 0) is 50.3 Å². The SMILES string of the molecule is C=CCOC(=O)[C@H]1[C@H]2C(=O)N([C@H](CO)c3ccccc3)C(C(=O)N(CC=C)c3c(C)cccc3C)C23CC[C@]1(C)S3. The average Bonchev–Trinajstić information content (AvgIpc) is 3.53. The number of carbonyl (C=O) groups excluding carboxylic acids is 3. The third kappa shape index (κ3) is 4.52. The summed E-state index contributed by atoms with van der Waals surface area (Å²) >= 11 is 1.58. The number of fused-ring (bicyclic) bond motifs is 1. The number of rotatable bonds is 10. The van der Waals surface area contributed by atoms with Crippen LogP contribution in [0.2, 0.25) is 0 Å². The average molecular weight is 575 g/mol. The number of esters is 1. The maximum atomic E-state index is 15.0.